The lowest BCUT2D eigenvalue weighted by Crippen LogP contribution is -1.80. The third kappa shape index (κ3) is 1.44. The Bertz CT molecular complexity index is 266. The van der Waals surface area contributed by atoms with Gasteiger partial charge in [-0.25, -0.2) is 0 Å². The molecule has 0 heterocycles. The first-order valence-electron chi connectivity index (χ1n) is 2.66. The number of hydrogen-bond acceptors (Lipinski definition) is 0. The molecule has 0 saturated carbocycles. The van der Waals surface area contributed by atoms with E-state index in [0.717, 1.165) is 9.13 Å². The summed E-state index contributed by atoms with van der Waals surface area (Å²) in [4.78, 5) is 0. The Morgan fingerprint density at radius 3 is 2.60 bits per heavy atom. The number of rotatable bonds is 0. The minimum Gasteiger partial charge on any atom is -0.115 e. The van der Waals surface area contributed by atoms with Crippen molar-refractivity contribution in [2.24, 2.45) is 0 Å². The van der Waals surface area contributed by atoms with Gasteiger partial charge in [0, 0.05) is 3.57 Å². The first-order chi connectivity index (χ1) is 4.75. The number of benzene rings is 1. The lowest BCUT2D eigenvalue weighted by Gasteiger charge is -1.96. The second-order valence-corrected chi connectivity index (χ2v) is 3.31. The van der Waals surface area contributed by atoms with Gasteiger partial charge in [0.15, 0.2) is 0 Å². The van der Waals surface area contributed by atoms with E-state index in [1.807, 2.05) is 12.1 Å². The molecule has 0 aliphatic heterocycles. The Balaban J connectivity index is 3.34. The summed E-state index contributed by atoms with van der Waals surface area (Å²) in [5.41, 5.74) is 0.782. The standard InChI is InChI=1S/C8H4ClI/c1-2-6-7(9)4-3-5-8(6)10/h1,3-5H. The zero-order chi connectivity index (χ0) is 7.56. The van der Waals surface area contributed by atoms with Crippen molar-refractivity contribution >= 4 is 34.2 Å². The summed E-state index contributed by atoms with van der Waals surface area (Å²) in [6.07, 6.45) is 5.21. The third-order valence-electron chi connectivity index (χ3n) is 1.11. The van der Waals surface area contributed by atoms with E-state index in [1.165, 1.54) is 0 Å². The topological polar surface area (TPSA) is 0 Å². The largest absolute Gasteiger partial charge is 0.115 e. The summed E-state index contributed by atoms with van der Waals surface area (Å²) in [6.45, 7) is 0. The predicted molar refractivity (Wildman–Crippen MR) is 52.1 cm³/mol. The quantitative estimate of drug-likeness (QED) is 0.498. The summed E-state index contributed by atoms with van der Waals surface area (Å²) in [5, 5.41) is 0.648. The molecule has 0 saturated heterocycles. The molecule has 1 aromatic carbocycles. The van der Waals surface area contributed by atoms with Crippen LogP contribution in [-0.4, -0.2) is 0 Å². The molecule has 0 radical (unpaired) electrons. The first kappa shape index (κ1) is 7.90. The molecular weight excluding hydrogens is 258 g/mol. The molecule has 0 atom stereocenters. The van der Waals surface area contributed by atoms with Crippen LogP contribution in [0.15, 0.2) is 18.2 Å². The maximum absolute atomic E-state index is 5.78. The Morgan fingerprint density at radius 1 is 1.50 bits per heavy atom. The molecule has 0 aromatic heterocycles. The zero-order valence-electron chi connectivity index (χ0n) is 5.07. The van der Waals surface area contributed by atoms with Gasteiger partial charge >= 0.3 is 0 Å². The average molecular weight is 262 g/mol. The van der Waals surface area contributed by atoms with Crippen molar-refractivity contribution < 1.29 is 0 Å². The molecule has 50 valence electrons. The molecule has 2 heteroatoms. The van der Waals surface area contributed by atoms with Crippen molar-refractivity contribution in [3.63, 3.8) is 0 Å². The lowest BCUT2D eigenvalue weighted by atomic mass is 10.2. The SMILES string of the molecule is C#Cc1c(Cl)cccc1I. The van der Waals surface area contributed by atoms with E-state index in [4.69, 9.17) is 18.0 Å². The van der Waals surface area contributed by atoms with Crippen molar-refractivity contribution in [1.82, 2.24) is 0 Å². The highest BCUT2D eigenvalue weighted by molar-refractivity contribution is 14.1. The molecule has 0 aliphatic rings. The summed E-state index contributed by atoms with van der Waals surface area (Å²) in [7, 11) is 0. The molecular formula is C8H4ClI. The highest BCUT2D eigenvalue weighted by Gasteiger charge is 1.98. The highest BCUT2D eigenvalue weighted by atomic mass is 127. The fourth-order valence-electron chi connectivity index (χ4n) is 0.636. The minimum absolute atomic E-state index is 0.648. The zero-order valence-corrected chi connectivity index (χ0v) is 7.98. The highest BCUT2D eigenvalue weighted by Crippen LogP contribution is 2.19. The molecule has 0 N–H and O–H groups in total. The number of hydrogen-bond donors (Lipinski definition) is 0. The van der Waals surface area contributed by atoms with Gasteiger partial charge in [-0.3, -0.25) is 0 Å². The van der Waals surface area contributed by atoms with Crippen LogP contribution in [0.25, 0.3) is 0 Å². The van der Waals surface area contributed by atoms with Crippen LogP contribution in [0.3, 0.4) is 0 Å². The maximum atomic E-state index is 5.78. The van der Waals surface area contributed by atoms with Crippen molar-refractivity contribution in [3.05, 3.63) is 32.4 Å². The van der Waals surface area contributed by atoms with Gasteiger partial charge in [0.2, 0.25) is 0 Å². The third-order valence-corrected chi connectivity index (χ3v) is 2.32. The van der Waals surface area contributed by atoms with Crippen molar-refractivity contribution in [2.75, 3.05) is 0 Å². The van der Waals surface area contributed by atoms with Gasteiger partial charge < -0.3 is 0 Å². The molecule has 0 spiro atoms. The van der Waals surface area contributed by atoms with Crippen LogP contribution in [0.1, 0.15) is 5.56 Å². The molecule has 1 rings (SSSR count). The van der Waals surface area contributed by atoms with Gasteiger partial charge in [-0.1, -0.05) is 23.6 Å². The summed E-state index contributed by atoms with van der Waals surface area (Å²) < 4.78 is 1.02. The summed E-state index contributed by atoms with van der Waals surface area (Å²) in [6, 6.07) is 5.60. The van der Waals surface area contributed by atoms with Gasteiger partial charge in [-0.15, -0.1) is 6.42 Å². The van der Waals surface area contributed by atoms with Gasteiger partial charge in [-0.2, -0.15) is 0 Å². The van der Waals surface area contributed by atoms with E-state index >= 15 is 0 Å². The maximum Gasteiger partial charge on any atom is 0.0573 e. The van der Waals surface area contributed by atoms with Gasteiger partial charge in [-0.05, 0) is 34.7 Å². The van der Waals surface area contributed by atoms with E-state index in [0.29, 0.717) is 5.02 Å². The van der Waals surface area contributed by atoms with Crippen LogP contribution < -0.4 is 0 Å². The molecule has 0 fully saturated rings. The van der Waals surface area contributed by atoms with Crippen molar-refractivity contribution in [2.45, 2.75) is 0 Å². The molecule has 0 nitrogen and oxygen atoms in total. The predicted octanol–water partition coefficient (Wildman–Crippen LogP) is 2.93. The Kier molecular flexibility index (Phi) is 2.58. The van der Waals surface area contributed by atoms with Crippen LogP contribution >= 0.6 is 34.2 Å². The van der Waals surface area contributed by atoms with E-state index in [-0.39, 0.29) is 0 Å². The average Bonchev–Trinajstić information content (AvgIpc) is 1.88. The molecule has 0 amide bonds. The molecule has 0 aliphatic carbocycles. The fourth-order valence-corrected chi connectivity index (χ4v) is 1.68. The Hall–Kier alpha value is -0.200. The molecule has 1 aromatic rings. The first-order valence-corrected chi connectivity index (χ1v) is 4.12. The van der Waals surface area contributed by atoms with Gasteiger partial charge in [0.1, 0.15) is 0 Å². The molecule has 0 unspecified atom stereocenters. The van der Waals surface area contributed by atoms with Crippen LogP contribution in [0.4, 0.5) is 0 Å². The summed E-state index contributed by atoms with van der Waals surface area (Å²) >= 11 is 7.94. The number of halogens is 2. The monoisotopic (exact) mass is 262 g/mol. The van der Waals surface area contributed by atoms with Crippen molar-refractivity contribution in [3.8, 4) is 12.3 Å². The van der Waals surface area contributed by atoms with E-state index in [2.05, 4.69) is 28.5 Å². The van der Waals surface area contributed by atoms with Crippen LogP contribution in [0, 0.1) is 15.9 Å². The van der Waals surface area contributed by atoms with Crippen LogP contribution in [-0.2, 0) is 0 Å². The Morgan fingerprint density at radius 2 is 2.20 bits per heavy atom. The fraction of sp³-hybridized carbons (Fsp3) is 0. The van der Waals surface area contributed by atoms with E-state index < -0.39 is 0 Å². The summed E-state index contributed by atoms with van der Waals surface area (Å²) in [5.74, 6) is 2.52. The smallest absolute Gasteiger partial charge is 0.0573 e. The van der Waals surface area contributed by atoms with Crippen molar-refractivity contribution in [1.29, 1.82) is 0 Å². The lowest BCUT2D eigenvalue weighted by molar-refractivity contribution is 1.59. The minimum atomic E-state index is 0.648. The second kappa shape index (κ2) is 3.27. The molecule has 0 bridgehead atoms. The van der Waals surface area contributed by atoms with E-state index in [9.17, 15) is 0 Å². The molecule has 10 heavy (non-hydrogen) atoms. The van der Waals surface area contributed by atoms with Gasteiger partial charge in [0.05, 0.1) is 10.6 Å². The van der Waals surface area contributed by atoms with Gasteiger partial charge in [0.25, 0.3) is 0 Å². The number of terminal acetylenes is 1. The Labute approximate surface area is 78.7 Å². The van der Waals surface area contributed by atoms with Crippen LogP contribution in [0.2, 0.25) is 5.02 Å². The van der Waals surface area contributed by atoms with Crippen LogP contribution in [0.5, 0.6) is 0 Å². The normalized spacial score (nSPS) is 8.90. The second-order valence-electron chi connectivity index (χ2n) is 1.74. The van der Waals surface area contributed by atoms with E-state index in [1.54, 1.807) is 6.07 Å².